The molecule has 1 aliphatic heterocycles. The van der Waals surface area contributed by atoms with Crippen molar-refractivity contribution < 1.29 is 18.1 Å². The zero-order chi connectivity index (χ0) is 17.1. The van der Waals surface area contributed by atoms with Gasteiger partial charge in [-0.15, -0.1) is 0 Å². The molecule has 0 spiro atoms. The summed E-state index contributed by atoms with van der Waals surface area (Å²) in [5, 5.41) is 5.55. The van der Waals surface area contributed by atoms with Crippen LogP contribution in [0.2, 0.25) is 0 Å². The highest BCUT2D eigenvalue weighted by Crippen LogP contribution is 2.33. The number of ether oxygens (including phenoxy) is 1. The van der Waals surface area contributed by atoms with E-state index < -0.39 is 16.6 Å². The molecule has 2 aromatic carbocycles. The van der Waals surface area contributed by atoms with Gasteiger partial charge in [-0.3, -0.25) is 4.21 Å². The summed E-state index contributed by atoms with van der Waals surface area (Å²) in [7, 11) is -1.06. The van der Waals surface area contributed by atoms with Crippen LogP contribution in [0.3, 0.4) is 0 Å². The van der Waals surface area contributed by atoms with Crippen molar-refractivity contribution in [3.63, 3.8) is 0 Å². The minimum atomic E-state index is -1.06. The molecule has 2 aromatic rings. The smallest absolute Gasteiger partial charge is 0.319 e. The molecule has 0 saturated carbocycles. The molecule has 0 radical (unpaired) electrons. The maximum absolute atomic E-state index is 13.8. The number of fused-ring (bicyclic) bond motifs is 1. The summed E-state index contributed by atoms with van der Waals surface area (Å²) in [5.41, 5.74) is 1.22. The highest BCUT2D eigenvalue weighted by Gasteiger charge is 2.25. The molecule has 2 amide bonds. The van der Waals surface area contributed by atoms with Crippen LogP contribution in [0.1, 0.15) is 18.0 Å². The van der Waals surface area contributed by atoms with Crippen molar-refractivity contribution in [2.45, 2.75) is 17.4 Å². The SMILES string of the molecule is C[S@](=O)c1ccc(NC(=O)N[C@H]2CCOc3c(F)cccc32)cc1. The van der Waals surface area contributed by atoms with E-state index in [9.17, 15) is 13.4 Å². The van der Waals surface area contributed by atoms with Crippen molar-refractivity contribution >= 4 is 22.5 Å². The first-order valence-electron chi connectivity index (χ1n) is 7.47. The minimum absolute atomic E-state index is 0.198. The lowest BCUT2D eigenvalue weighted by Crippen LogP contribution is -2.35. The van der Waals surface area contributed by atoms with E-state index in [1.807, 2.05) is 0 Å². The van der Waals surface area contributed by atoms with Crippen molar-refractivity contribution in [2.75, 3.05) is 18.2 Å². The second-order valence-electron chi connectivity index (χ2n) is 5.42. The Morgan fingerprint density at radius 1 is 1.25 bits per heavy atom. The molecule has 0 aliphatic carbocycles. The van der Waals surface area contributed by atoms with Gasteiger partial charge in [-0.1, -0.05) is 12.1 Å². The number of rotatable bonds is 3. The second-order valence-corrected chi connectivity index (χ2v) is 6.80. The molecule has 2 atom stereocenters. The summed E-state index contributed by atoms with van der Waals surface area (Å²) in [5.74, 6) is -0.230. The van der Waals surface area contributed by atoms with Crippen LogP contribution in [-0.4, -0.2) is 23.1 Å². The fourth-order valence-electron chi connectivity index (χ4n) is 2.59. The molecule has 3 rings (SSSR count). The zero-order valence-electron chi connectivity index (χ0n) is 13.0. The first-order valence-corrected chi connectivity index (χ1v) is 9.02. The molecular formula is C17H17FN2O3S. The van der Waals surface area contributed by atoms with Gasteiger partial charge in [-0.2, -0.15) is 0 Å². The van der Waals surface area contributed by atoms with E-state index in [2.05, 4.69) is 10.6 Å². The maximum Gasteiger partial charge on any atom is 0.319 e. The van der Waals surface area contributed by atoms with Gasteiger partial charge in [0.1, 0.15) is 0 Å². The fraction of sp³-hybridized carbons (Fsp3) is 0.235. The Kier molecular flexibility index (Phi) is 4.80. The third-order valence-electron chi connectivity index (χ3n) is 3.78. The average Bonchev–Trinajstić information content (AvgIpc) is 2.56. The predicted octanol–water partition coefficient (Wildman–Crippen LogP) is 3.21. The maximum atomic E-state index is 13.8. The molecule has 7 heteroatoms. The predicted molar refractivity (Wildman–Crippen MR) is 90.2 cm³/mol. The number of hydrogen-bond donors (Lipinski definition) is 2. The monoisotopic (exact) mass is 348 g/mol. The molecule has 0 saturated heterocycles. The van der Waals surface area contributed by atoms with E-state index in [1.54, 1.807) is 42.7 Å². The molecule has 0 aromatic heterocycles. The highest BCUT2D eigenvalue weighted by molar-refractivity contribution is 7.84. The number of amides is 2. The lowest BCUT2D eigenvalue weighted by Gasteiger charge is -2.27. The average molecular weight is 348 g/mol. The number of hydrogen-bond acceptors (Lipinski definition) is 3. The Bertz CT molecular complexity index is 780. The van der Waals surface area contributed by atoms with Gasteiger partial charge < -0.3 is 15.4 Å². The summed E-state index contributed by atoms with van der Waals surface area (Å²) >= 11 is 0. The van der Waals surface area contributed by atoms with Crippen molar-refractivity contribution in [3.05, 3.63) is 53.8 Å². The summed E-state index contributed by atoms with van der Waals surface area (Å²) in [6.45, 7) is 0.343. The van der Waals surface area contributed by atoms with E-state index in [0.717, 1.165) is 0 Å². The Balaban J connectivity index is 1.68. The molecule has 0 bridgehead atoms. The number of carbonyl (C=O) groups excluding carboxylic acids is 1. The van der Waals surface area contributed by atoms with E-state index in [0.29, 0.717) is 29.2 Å². The van der Waals surface area contributed by atoms with Crippen LogP contribution in [0.15, 0.2) is 47.4 Å². The van der Waals surface area contributed by atoms with E-state index in [4.69, 9.17) is 4.74 Å². The van der Waals surface area contributed by atoms with Crippen molar-refractivity contribution in [1.29, 1.82) is 0 Å². The van der Waals surface area contributed by atoms with Crippen molar-refractivity contribution in [3.8, 4) is 5.75 Å². The van der Waals surface area contributed by atoms with Gasteiger partial charge >= 0.3 is 6.03 Å². The van der Waals surface area contributed by atoms with Gasteiger partial charge in [0, 0.05) is 39.6 Å². The van der Waals surface area contributed by atoms with Gasteiger partial charge in [-0.05, 0) is 30.3 Å². The zero-order valence-corrected chi connectivity index (χ0v) is 13.9. The van der Waals surface area contributed by atoms with Crippen LogP contribution in [0.5, 0.6) is 5.75 Å². The molecule has 2 N–H and O–H groups in total. The molecule has 126 valence electrons. The van der Waals surface area contributed by atoms with Gasteiger partial charge in [0.2, 0.25) is 0 Å². The number of urea groups is 1. The Labute approximate surface area is 141 Å². The summed E-state index contributed by atoms with van der Waals surface area (Å²) < 4.78 is 30.5. The standard InChI is InChI=1S/C17H17FN2O3S/c1-24(22)12-7-5-11(6-8-12)19-17(21)20-15-9-10-23-16-13(15)3-2-4-14(16)18/h2-8,15H,9-10H2,1H3,(H2,19,20,21)/t15-,24-/m0/s1. The summed E-state index contributed by atoms with van der Waals surface area (Å²) in [4.78, 5) is 12.9. The number of anilines is 1. The highest BCUT2D eigenvalue weighted by atomic mass is 32.2. The molecule has 0 fully saturated rings. The van der Waals surface area contributed by atoms with Crippen LogP contribution in [-0.2, 0) is 10.8 Å². The van der Waals surface area contributed by atoms with E-state index >= 15 is 0 Å². The van der Waals surface area contributed by atoms with Gasteiger partial charge in [0.05, 0.1) is 12.6 Å². The van der Waals surface area contributed by atoms with Crippen LogP contribution < -0.4 is 15.4 Å². The molecule has 1 aliphatic rings. The first kappa shape index (κ1) is 16.4. The molecule has 5 nitrogen and oxygen atoms in total. The Hall–Kier alpha value is -2.41. The molecular weight excluding hydrogens is 331 g/mol. The Morgan fingerprint density at radius 3 is 2.71 bits per heavy atom. The van der Waals surface area contributed by atoms with Crippen LogP contribution in [0, 0.1) is 5.82 Å². The van der Waals surface area contributed by atoms with Gasteiger partial charge in [0.15, 0.2) is 11.6 Å². The number of carbonyl (C=O) groups is 1. The molecule has 1 heterocycles. The topological polar surface area (TPSA) is 67.4 Å². The summed E-state index contributed by atoms with van der Waals surface area (Å²) in [6, 6.07) is 10.7. The Morgan fingerprint density at radius 2 is 2.00 bits per heavy atom. The fourth-order valence-corrected chi connectivity index (χ4v) is 3.11. The minimum Gasteiger partial charge on any atom is -0.490 e. The lowest BCUT2D eigenvalue weighted by atomic mass is 10.0. The van der Waals surface area contributed by atoms with E-state index in [1.165, 1.54) is 6.07 Å². The van der Waals surface area contributed by atoms with Gasteiger partial charge in [-0.25, -0.2) is 9.18 Å². The number of benzene rings is 2. The normalized spacial score (nSPS) is 17.3. The third-order valence-corrected chi connectivity index (χ3v) is 4.71. The molecule has 0 unspecified atom stereocenters. The summed E-state index contributed by atoms with van der Waals surface area (Å²) in [6.07, 6.45) is 2.16. The first-order chi connectivity index (χ1) is 11.5. The van der Waals surface area contributed by atoms with Crippen molar-refractivity contribution in [2.24, 2.45) is 0 Å². The van der Waals surface area contributed by atoms with Crippen LogP contribution >= 0.6 is 0 Å². The number of nitrogens with one attached hydrogen (secondary N) is 2. The molecule has 24 heavy (non-hydrogen) atoms. The quantitative estimate of drug-likeness (QED) is 0.895. The number of halogens is 1. The van der Waals surface area contributed by atoms with Gasteiger partial charge in [0.25, 0.3) is 0 Å². The van der Waals surface area contributed by atoms with Crippen LogP contribution in [0.4, 0.5) is 14.9 Å². The van der Waals surface area contributed by atoms with Crippen molar-refractivity contribution in [1.82, 2.24) is 5.32 Å². The van der Waals surface area contributed by atoms with E-state index in [-0.39, 0.29) is 17.8 Å². The van der Waals surface area contributed by atoms with Crippen LogP contribution in [0.25, 0.3) is 0 Å². The third kappa shape index (κ3) is 3.56. The second kappa shape index (κ2) is 7.00. The lowest BCUT2D eigenvalue weighted by molar-refractivity contribution is 0.227. The largest absolute Gasteiger partial charge is 0.490 e. The number of para-hydroxylation sites is 1.